The molecule has 1 aromatic carbocycles. The summed E-state index contributed by atoms with van der Waals surface area (Å²) in [6.45, 7) is 4.89. The van der Waals surface area contributed by atoms with Crippen molar-refractivity contribution in [2.75, 3.05) is 6.61 Å². The Morgan fingerprint density at radius 1 is 1.53 bits per heavy atom. The molecular weight excluding hydrogens is 364 g/mol. The second-order valence-corrected chi connectivity index (χ2v) is 6.10. The van der Waals surface area contributed by atoms with Gasteiger partial charge in [-0.25, -0.2) is 9.18 Å². The summed E-state index contributed by atoms with van der Waals surface area (Å²) in [6.07, 6.45) is -0.647. The highest BCUT2D eigenvalue weighted by atomic mass is 127. The number of carbonyl (C=O) groups is 1. The van der Waals surface area contributed by atoms with Crippen molar-refractivity contribution in [1.29, 1.82) is 0 Å². The van der Waals surface area contributed by atoms with Crippen LogP contribution in [0, 0.1) is 9.39 Å². The van der Waals surface area contributed by atoms with Crippen LogP contribution in [-0.4, -0.2) is 23.4 Å². The average molecular weight is 381 g/mol. The standard InChI is InChI=1S/C13H17FINO3/c1-13(2,3)19-12(18)16-10(7-17)8-5-4-6-9(14)11(8)15/h4-6,10,17H,7H2,1-3H3,(H,16,18)/t10-/m1/s1. The Hall–Kier alpha value is -0.890. The van der Waals surface area contributed by atoms with Crippen molar-refractivity contribution in [2.24, 2.45) is 0 Å². The van der Waals surface area contributed by atoms with E-state index in [9.17, 15) is 14.3 Å². The van der Waals surface area contributed by atoms with Gasteiger partial charge in [-0.1, -0.05) is 12.1 Å². The Kier molecular flexibility index (Phi) is 5.54. The van der Waals surface area contributed by atoms with Gasteiger partial charge in [0.1, 0.15) is 11.4 Å². The smallest absolute Gasteiger partial charge is 0.408 e. The predicted molar refractivity (Wildman–Crippen MR) is 78.3 cm³/mol. The molecule has 0 aliphatic heterocycles. The van der Waals surface area contributed by atoms with Crippen LogP contribution in [0.4, 0.5) is 9.18 Å². The number of alkyl carbamates (subject to hydrolysis) is 1. The molecule has 1 atom stereocenters. The monoisotopic (exact) mass is 381 g/mol. The van der Waals surface area contributed by atoms with Gasteiger partial charge < -0.3 is 15.2 Å². The third-order valence-corrected chi connectivity index (χ3v) is 3.37. The SMILES string of the molecule is CC(C)(C)OC(=O)N[C@H](CO)c1cccc(F)c1I. The molecule has 0 fully saturated rings. The van der Waals surface area contributed by atoms with Crippen molar-refractivity contribution in [1.82, 2.24) is 5.32 Å². The van der Waals surface area contributed by atoms with Crippen LogP contribution in [-0.2, 0) is 4.74 Å². The molecule has 0 saturated carbocycles. The molecule has 0 bridgehead atoms. The third-order valence-electron chi connectivity index (χ3n) is 2.23. The first kappa shape index (κ1) is 16.2. The zero-order valence-corrected chi connectivity index (χ0v) is 13.2. The molecule has 6 heteroatoms. The molecule has 0 saturated heterocycles. The lowest BCUT2D eigenvalue weighted by Crippen LogP contribution is -2.36. The van der Waals surface area contributed by atoms with Crippen molar-refractivity contribution in [3.05, 3.63) is 33.1 Å². The van der Waals surface area contributed by atoms with Crippen LogP contribution in [0.3, 0.4) is 0 Å². The zero-order chi connectivity index (χ0) is 14.6. The van der Waals surface area contributed by atoms with Gasteiger partial charge in [-0.05, 0) is 55.0 Å². The molecule has 0 aliphatic carbocycles. The van der Waals surface area contributed by atoms with Gasteiger partial charge in [-0.3, -0.25) is 0 Å². The van der Waals surface area contributed by atoms with Gasteiger partial charge in [0.25, 0.3) is 0 Å². The third kappa shape index (κ3) is 4.94. The summed E-state index contributed by atoms with van der Waals surface area (Å²) in [5.41, 5.74) is -0.104. The number of hydrogen-bond acceptors (Lipinski definition) is 3. The molecule has 1 aromatic rings. The minimum absolute atomic E-state index is 0.335. The number of halogens is 2. The molecule has 1 amide bonds. The van der Waals surface area contributed by atoms with E-state index in [-0.39, 0.29) is 12.4 Å². The molecule has 0 spiro atoms. The molecule has 0 aromatic heterocycles. The van der Waals surface area contributed by atoms with Crippen molar-refractivity contribution >= 4 is 28.7 Å². The van der Waals surface area contributed by atoms with Crippen LogP contribution >= 0.6 is 22.6 Å². The van der Waals surface area contributed by atoms with Gasteiger partial charge in [0.05, 0.1) is 16.2 Å². The van der Waals surface area contributed by atoms with E-state index >= 15 is 0 Å². The number of amides is 1. The Labute approximate surface area is 125 Å². The summed E-state index contributed by atoms with van der Waals surface area (Å²) in [7, 11) is 0. The van der Waals surface area contributed by atoms with Crippen molar-refractivity contribution in [3.63, 3.8) is 0 Å². The highest BCUT2D eigenvalue weighted by molar-refractivity contribution is 14.1. The lowest BCUT2D eigenvalue weighted by atomic mass is 10.1. The van der Waals surface area contributed by atoms with Crippen LogP contribution < -0.4 is 5.32 Å². The van der Waals surface area contributed by atoms with E-state index in [1.165, 1.54) is 12.1 Å². The quantitative estimate of drug-likeness (QED) is 0.792. The summed E-state index contributed by atoms with van der Waals surface area (Å²) in [6, 6.07) is 3.82. The number of rotatable bonds is 3. The number of ether oxygens (including phenoxy) is 1. The fourth-order valence-electron chi connectivity index (χ4n) is 1.46. The molecule has 19 heavy (non-hydrogen) atoms. The Balaban J connectivity index is 2.84. The predicted octanol–water partition coefficient (Wildman–Crippen LogP) is 2.99. The van der Waals surface area contributed by atoms with Crippen molar-refractivity contribution < 1.29 is 19.0 Å². The summed E-state index contributed by atoms with van der Waals surface area (Å²) >= 11 is 1.84. The minimum Gasteiger partial charge on any atom is -0.444 e. The van der Waals surface area contributed by atoms with Gasteiger partial charge in [0.15, 0.2) is 0 Å². The number of aliphatic hydroxyl groups is 1. The topological polar surface area (TPSA) is 58.6 Å². The first-order chi connectivity index (χ1) is 8.74. The Morgan fingerprint density at radius 3 is 2.68 bits per heavy atom. The lowest BCUT2D eigenvalue weighted by Gasteiger charge is -2.23. The minimum atomic E-state index is -0.697. The maximum atomic E-state index is 13.5. The van der Waals surface area contributed by atoms with Crippen LogP contribution in [0.2, 0.25) is 0 Å². The summed E-state index contributed by atoms with van der Waals surface area (Å²) in [5.74, 6) is -0.387. The molecule has 0 unspecified atom stereocenters. The fourth-order valence-corrected chi connectivity index (χ4v) is 2.20. The number of aliphatic hydroxyl groups excluding tert-OH is 1. The van der Waals surface area contributed by atoms with Gasteiger partial charge >= 0.3 is 6.09 Å². The molecule has 4 nitrogen and oxygen atoms in total. The first-order valence-electron chi connectivity index (χ1n) is 5.79. The van der Waals surface area contributed by atoms with Crippen LogP contribution in [0.25, 0.3) is 0 Å². The number of benzene rings is 1. The molecule has 2 N–H and O–H groups in total. The van der Waals surface area contributed by atoms with Crippen LogP contribution in [0.15, 0.2) is 18.2 Å². The second-order valence-electron chi connectivity index (χ2n) is 5.02. The van der Waals surface area contributed by atoms with E-state index in [0.717, 1.165) is 0 Å². The second kappa shape index (κ2) is 6.51. The zero-order valence-electron chi connectivity index (χ0n) is 11.0. The molecular formula is C13H17FINO3. The summed E-state index contributed by atoms with van der Waals surface area (Å²) in [4.78, 5) is 11.7. The molecule has 1 rings (SSSR count). The molecule has 106 valence electrons. The fraction of sp³-hybridized carbons (Fsp3) is 0.462. The average Bonchev–Trinajstić information content (AvgIpc) is 2.27. The van der Waals surface area contributed by atoms with Crippen molar-refractivity contribution in [2.45, 2.75) is 32.4 Å². The van der Waals surface area contributed by atoms with Gasteiger partial charge in [0, 0.05) is 0 Å². The Bertz CT molecular complexity index is 460. The molecule has 0 radical (unpaired) electrons. The highest BCUT2D eigenvalue weighted by Gasteiger charge is 2.22. The Morgan fingerprint density at radius 2 is 2.16 bits per heavy atom. The maximum absolute atomic E-state index is 13.5. The van der Waals surface area contributed by atoms with Crippen LogP contribution in [0.1, 0.15) is 32.4 Å². The highest BCUT2D eigenvalue weighted by Crippen LogP contribution is 2.22. The molecule has 0 heterocycles. The van der Waals surface area contributed by atoms with E-state index in [1.807, 2.05) is 22.6 Å². The van der Waals surface area contributed by atoms with E-state index in [1.54, 1.807) is 26.8 Å². The van der Waals surface area contributed by atoms with Crippen LogP contribution in [0.5, 0.6) is 0 Å². The molecule has 0 aliphatic rings. The van der Waals surface area contributed by atoms with E-state index in [0.29, 0.717) is 9.13 Å². The van der Waals surface area contributed by atoms with E-state index in [2.05, 4.69) is 5.32 Å². The normalized spacial score (nSPS) is 12.9. The summed E-state index contributed by atoms with van der Waals surface area (Å²) in [5, 5.41) is 11.9. The van der Waals surface area contributed by atoms with Gasteiger partial charge in [0.2, 0.25) is 0 Å². The number of hydrogen-bond donors (Lipinski definition) is 2. The van der Waals surface area contributed by atoms with Gasteiger partial charge in [-0.15, -0.1) is 0 Å². The largest absolute Gasteiger partial charge is 0.444 e. The van der Waals surface area contributed by atoms with E-state index < -0.39 is 17.7 Å². The van der Waals surface area contributed by atoms with Crippen molar-refractivity contribution in [3.8, 4) is 0 Å². The van der Waals surface area contributed by atoms with E-state index in [4.69, 9.17) is 4.74 Å². The summed E-state index contributed by atoms with van der Waals surface area (Å²) < 4.78 is 18.9. The number of nitrogens with one attached hydrogen (secondary N) is 1. The maximum Gasteiger partial charge on any atom is 0.408 e. The lowest BCUT2D eigenvalue weighted by molar-refractivity contribution is 0.0481. The van der Waals surface area contributed by atoms with Gasteiger partial charge in [-0.2, -0.15) is 0 Å². The number of carbonyl (C=O) groups excluding carboxylic acids is 1. The first-order valence-corrected chi connectivity index (χ1v) is 6.86.